The van der Waals surface area contributed by atoms with Crippen LogP contribution in [-0.2, 0) is 32.4 Å². The van der Waals surface area contributed by atoms with Crippen molar-refractivity contribution in [1.82, 2.24) is 15.2 Å². The van der Waals surface area contributed by atoms with Crippen LogP contribution in [0.5, 0.6) is 11.5 Å². The Labute approximate surface area is 221 Å². The standard InChI is InChI=1S/C28H23F4N3O4/c29-22-8-3-18(4-9-22)12-33-27(36)23-16-37-26(34-23)15-35(13-19-1-6-21(7-2-19)28(30,31)32)14-20-5-10-24-25(11-20)39-17-38-24/h1-11,16H,12-15,17H2,(H,33,36). The number of hydrogen-bond donors (Lipinski definition) is 1. The maximum absolute atomic E-state index is 13.1. The van der Waals surface area contributed by atoms with Crippen molar-refractivity contribution in [2.24, 2.45) is 0 Å². The summed E-state index contributed by atoms with van der Waals surface area (Å²) >= 11 is 0. The number of nitrogens with one attached hydrogen (secondary N) is 1. The van der Waals surface area contributed by atoms with Crippen molar-refractivity contribution < 1.29 is 36.2 Å². The van der Waals surface area contributed by atoms with Gasteiger partial charge < -0.3 is 19.2 Å². The van der Waals surface area contributed by atoms with Crippen molar-refractivity contribution in [3.8, 4) is 11.5 Å². The third-order valence-electron chi connectivity index (χ3n) is 6.04. The highest BCUT2D eigenvalue weighted by molar-refractivity contribution is 5.91. The van der Waals surface area contributed by atoms with Crippen LogP contribution in [0.25, 0.3) is 0 Å². The third kappa shape index (κ3) is 6.74. The molecule has 7 nitrogen and oxygen atoms in total. The number of halogens is 4. The number of fused-ring (bicyclic) bond motifs is 1. The molecule has 0 bridgehead atoms. The van der Waals surface area contributed by atoms with E-state index in [1.165, 1.54) is 30.5 Å². The molecule has 5 rings (SSSR count). The molecule has 1 amide bonds. The number of benzene rings is 3. The van der Waals surface area contributed by atoms with Crippen molar-refractivity contribution in [2.45, 2.75) is 32.4 Å². The summed E-state index contributed by atoms with van der Waals surface area (Å²) in [6, 6.07) is 16.2. The fourth-order valence-electron chi connectivity index (χ4n) is 4.08. The Balaban J connectivity index is 1.28. The molecule has 0 spiro atoms. The Morgan fingerprint density at radius 1 is 0.872 bits per heavy atom. The van der Waals surface area contributed by atoms with Crippen molar-refractivity contribution in [3.05, 3.63) is 113 Å². The number of hydrogen-bond acceptors (Lipinski definition) is 6. The second-order valence-electron chi connectivity index (χ2n) is 8.96. The quantitative estimate of drug-likeness (QED) is 0.274. The predicted molar refractivity (Wildman–Crippen MR) is 131 cm³/mol. The SMILES string of the molecule is O=C(NCc1ccc(F)cc1)c1coc(CN(Cc2ccc(C(F)(F)F)cc2)Cc2ccc3c(c2)OCO3)n1. The maximum atomic E-state index is 13.1. The van der Waals surface area contributed by atoms with E-state index in [0.717, 1.165) is 23.3 Å². The van der Waals surface area contributed by atoms with E-state index >= 15 is 0 Å². The van der Waals surface area contributed by atoms with E-state index < -0.39 is 17.6 Å². The van der Waals surface area contributed by atoms with E-state index in [0.29, 0.717) is 30.2 Å². The van der Waals surface area contributed by atoms with Crippen molar-refractivity contribution in [1.29, 1.82) is 0 Å². The molecule has 1 aliphatic heterocycles. The summed E-state index contributed by atoms with van der Waals surface area (Å²) in [6.07, 6.45) is -3.18. The van der Waals surface area contributed by atoms with Crippen LogP contribution in [0.1, 0.15) is 38.6 Å². The zero-order chi connectivity index (χ0) is 27.4. The minimum atomic E-state index is -4.42. The minimum absolute atomic E-state index is 0.0738. The van der Waals surface area contributed by atoms with E-state index in [1.54, 1.807) is 18.2 Å². The highest BCUT2D eigenvalue weighted by Gasteiger charge is 2.30. The summed E-state index contributed by atoms with van der Waals surface area (Å²) in [5, 5.41) is 2.71. The average molecular weight is 542 g/mol. The summed E-state index contributed by atoms with van der Waals surface area (Å²) in [6.45, 7) is 1.19. The van der Waals surface area contributed by atoms with Gasteiger partial charge in [-0.3, -0.25) is 9.69 Å². The Morgan fingerprint density at radius 2 is 1.54 bits per heavy atom. The van der Waals surface area contributed by atoms with Gasteiger partial charge in [0.2, 0.25) is 12.7 Å². The lowest BCUT2D eigenvalue weighted by Gasteiger charge is -2.21. The van der Waals surface area contributed by atoms with Gasteiger partial charge in [0, 0.05) is 19.6 Å². The lowest BCUT2D eigenvalue weighted by Crippen LogP contribution is -2.24. The number of carbonyl (C=O) groups is 1. The molecule has 0 fully saturated rings. The summed E-state index contributed by atoms with van der Waals surface area (Å²) in [4.78, 5) is 18.8. The van der Waals surface area contributed by atoms with Crippen LogP contribution in [0.2, 0.25) is 0 Å². The van der Waals surface area contributed by atoms with Gasteiger partial charge in [0.1, 0.15) is 12.1 Å². The van der Waals surface area contributed by atoms with Gasteiger partial charge in [0.25, 0.3) is 5.91 Å². The average Bonchev–Trinajstić information content (AvgIpc) is 3.57. The zero-order valence-electron chi connectivity index (χ0n) is 20.5. The highest BCUT2D eigenvalue weighted by atomic mass is 19.4. The number of nitrogens with zero attached hydrogens (tertiary/aromatic N) is 2. The Morgan fingerprint density at radius 3 is 2.28 bits per heavy atom. The fourth-order valence-corrected chi connectivity index (χ4v) is 4.08. The molecule has 1 aliphatic rings. The molecule has 0 aliphatic carbocycles. The molecule has 0 atom stereocenters. The largest absolute Gasteiger partial charge is 0.454 e. The first kappa shape index (κ1) is 26.2. The molecule has 0 radical (unpaired) electrons. The van der Waals surface area contributed by atoms with E-state index in [2.05, 4.69) is 10.3 Å². The highest BCUT2D eigenvalue weighted by Crippen LogP contribution is 2.33. The summed E-state index contributed by atoms with van der Waals surface area (Å²) < 4.78 is 68.4. The van der Waals surface area contributed by atoms with E-state index in [-0.39, 0.29) is 37.3 Å². The monoisotopic (exact) mass is 541 g/mol. The van der Waals surface area contributed by atoms with Crippen molar-refractivity contribution in [2.75, 3.05) is 6.79 Å². The number of oxazole rings is 1. The summed E-state index contributed by atoms with van der Waals surface area (Å²) in [7, 11) is 0. The van der Waals surface area contributed by atoms with E-state index in [9.17, 15) is 22.4 Å². The number of rotatable bonds is 9. The van der Waals surface area contributed by atoms with Gasteiger partial charge >= 0.3 is 6.18 Å². The Kier molecular flexibility index (Phi) is 7.51. The van der Waals surface area contributed by atoms with Gasteiger partial charge in [-0.05, 0) is 53.1 Å². The summed E-state index contributed by atoms with van der Waals surface area (Å²) in [5.74, 6) is 0.678. The van der Waals surface area contributed by atoms with Gasteiger partial charge in [0.15, 0.2) is 17.2 Å². The lowest BCUT2D eigenvalue weighted by atomic mass is 10.1. The fraction of sp³-hybridized carbons (Fsp3) is 0.214. The second-order valence-corrected chi connectivity index (χ2v) is 8.96. The molecule has 11 heteroatoms. The smallest absolute Gasteiger partial charge is 0.416 e. The van der Waals surface area contributed by atoms with Gasteiger partial charge in [-0.25, -0.2) is 9.37 Å². The van der Waals surface area contributed by atoms with E-state index in [1.807, 2.05) is 17.0 Å². The van der Waals surface area contributed by atoms with Gasteiger partial charge in [0.05, 0.1) is 12.1 Å². The first-order chi connectivity index (χ1) is 18.7. The topological polar surface area (TPSA) is 76.8 Å². The number of carbonyl (C=O) groups excluding carboxylic acids is 1. The molecular weight excluding hydrogens is 518 g/mol. The molecular formula is C28H23F4N3O4. The zero-order valence-corrected chi connectivity index (χ0v) is 20.5. The predicted octanol–water partition coefficient (Wildman–Crippen LogP) is 5.69. The van der Waals surface area contributed by atoms with Gasteiger partial charge in [-0.1, -0.05) is 30.3 Å². The Bertz CT molecular complexity index is 1440. The number of alkyl halides is 3. The molecule has 0 saturated carbocycles. The maximum Gasteiger partial charge on any atom is 0.416 e. The first-order valence-corrected chi connectivity index (χ1v) is 12.0. The van der Waals surface area contributed by atoms with Crippen LogP contribution < -0.4 is 14.8 Å². The molecule has 2 heterocycles. The molecule has 1 aromatic heterocycles. The van der Waals surface area contributed by atoms with Crippen LogP contribution in [0.3, 0.4) is 0 Å². The lowest BCUT2D eigenvalue weighted by molar-refractivity contribution is -0.137. The van der Waals surface area contributed by atoms with Crippen molar-refractivity contribution >= 4 is 5.91 Å². The molecule has 0 unspecified atom stereocenters. The van der Waals surface area contributed by atoms with E-state index in [4.69, 9.17) is 13.9 Å². The third-order valence-corrected chi connectivity index (χ3v) is 6.04. The van der Waals surface area contributed by atoms with Crippen LogP contribution >= 0.6 is 0 Å². The Hall–Kier alpha value is -4.38. The normalized spacial score (nSPS) is 12.6. The van der Waals surface area contributed by atoms with Crippen LogP contribution in [-0.4, -0.2) is 22.6 Å². The molecule has 3 aromatic carbocycles. The molecule has 39 heavy (non-hydrogen) atoms. The van der Waals surface area contributed by atoms with Crippen molar-refractivity contribution in [3.63, 3.8) is 0 Å². The number of amides is 1. The number of ether oxygens (including phenoxy) is 2. The van der Waals surface area contributed by atoms with Crippen LogP contribution in [0, 0.1) is 5.82 Å². The van der Waals surface area contributed by atoms with Crippen LogP contribution in [0.4, 0.5) is 17.6 Å². The van der Waals surface area contributed by atoms with Gasteiger partial charge in [-0.2, -0.15) is 13.2 Å². The minimum Gasteiger partial charge on any atom is -0.454 e. The first-order valence-electron chi connectivity index (χ1n) is 12.0. The number of aromatic nitrogens is 1. The molecule has 4 aromatic rings. The second kappa shape index (κ2) is 11.2. The molecule has 202 valence electrons. The van der Waals surface area contributed by atoms with Gasteiger partial charge in [-0.15, -0.1) is 0 Å². The molecule has 0 saturated heterocycles. The molecule has 1 N–H and O–H groups in total. The summed E-state index contributed by atoms with van der Waals surface area (Å²) in [5.41, 5.74) is 1.62. The van der Waals surface area contributed by atoms with Crippen LogP contribution in [0.15, 0.2) is 77.4 Å².